The summed E-state index contributed by atoms with van der Waals surface area (Å²) < 4.78 is 5.59. The number of rotatable bonds is 3. The van der Waals surface area contributed by atoms with Crippen LogP contribution in [-0.4, -0.2) is 16.1 Å². The van der Waals surface area contributed by atoms with E-state index in [0.29, 0.717) is 5.75 Å². The van der Waals surface area contributed by atoms with Gasteiger partial charge in [0.05, 0.1) is 6.20 Å². The zero-order valence-corrected chi connectivity index (χ0v) is 9.25. The van der Waals surface area contributed by atoms with Crippen molar-refractivity contribution in [1.29, 1.82) is 0 Å². The fourth-order valence-corrected chi connectivity index (χ4v) is 1.37. The van der Waals surface area contributed by atoms with E-state index < -0.39 is 5.97 Å². The number of ether oxygens (including phenoxy) is 1. The van der Waals surface area contributed by atoms with Crippen molar-refractivity contribution in [2.75, 3.05) is 0 Å². The lowest BCUT2D eigenvalue weighted by molar-refractivity contribution is 0.0690. The van der Waals surface area contributed by atoms with Crippen LogP contribution >= 0.6 is 0 Å². The maximum atomic E-state index is 10.6. The van der Waals surface area contributed by atoms with Crippen LogP contribution in [0.15, 0.2) is 42.6 Å². The second-order valence-corrected chi connectivity index (χ2v) is 3.55. The number of aryl methyl sites for hydroxylation is 1. The highest BCUT2D eigenvalue weighted by molar-refractivity contribution is 5.85. The second kappa shape index (κ2) is 4.65. The lowest BCUT2D eigenvalue weighted by Crippen LogP contribution is -1.99. The molecular weight excluding hydrogens is 218 g/mol. The van der Waals surface area contributed by atoms with Crippen molar-refractivity contribution in [1.82, 2.24) is 4.98 Å². The molecule has 0 aliphatic rings. The Balaban J connectivity index is 2.20. The van der Waals surface area contributed by atoms with E-state index in [9.17, 15) is 4.79 Å². The van der Waals surface area contributed by atoms with Crippen molar-refractivity contribution in [3.05, 3.63) is 53.9 Å². The third-order valence-electron chi connectivity index (χ3n) is 2.28. The largest absolute Gasteiger partial charge is 0.477 e. The third-order valence-corrected chi connectivity index (χ3v) is 2.28. The first-order valence-corrected chi connectivity index (χ1v) is 5.09. The lowest BCUT2D eigenvalue weighted by Gasteiger charge is -2.07. The Labute approximate surface area is 98.5 Å². The molecule has 0 bridgehead atoms. The minimum absolute atomic E-state index is 0.00198. The maximum Gasteiger partial charge on any atom is 0.354 e. The summed E-state index contributed by atoms with van der Waals surface area (Å²) in [5.41, 5.74) is 1.01. The number of hydrogen-bond acceptors (Lipinski definition) is 3. The maximum absolute atomic E-state index is 10.6. The van der Waals surface area contributed by atoms with E-state index in [0.717, 1.165) is 11.3 Å². The number of hydrogen-bond donors (Lipinski definition) is 1. The van der Waals surface area contributed by atoms with Gasteiger partial charge in [-0.2, -0.15) is 0 Å². The molecule has 4 heteroatoms. The second-order valence-electron chi connectivity index (χ2n) is 3.55. The Hall–Kier alpha value is -2.36. The van der Waals surface area contributed by atoms with Crippen molar-refractivity contribution in [2.24, 2.45) is 0 Å². The molecule has 1 N–H and O–H groups in total. The first-order chi connectivity index (χ1) is 8.16. The molecule has 0 fully saturated rings. The van der Waals surface area contributed by atoms with E-state index in [1.165, 1.54) is 12.3 Å². The number of pyridine rings is 1. The van der Waals surface area contributed by atoms with Crippen LogP contribution in [0.5, 0.6) is 11.5 Å². The Morgan fingerprint density at radius 2 is 2.00 bits per heavy atom. The summed E-state index contributed by atoms with van der Waals surface area (Å²) in [6.07, 6.45) is 1.40. The number of carboxylic acid groups (broad SMARTS) is 1. The van der Waals surface area contributed by atoms with Crippen molar-refractivity contribution >= 4 is 5.97 Å². The van der Waals surface area contributed by atoms with Crippen LogP contribution in [0.3, 0.4) is 0 Å². The van der Waals surface area contributed by atoms with Gasteiger partial charge >= 0.3 is 5.97 Å². The molecule has 17 heavy (non-hydrogen) atoms. The molecule has 0 aliphatic carbocycles. The molecule has 0 aliphatic heterocycles. The smallest absolute Gasteiger partial charge is 0.354 e. The molecule has 0 spiro atoms. The Morgan fingerprint density at radius 1 is 1.24 bits per heavy atom. The van der Waals surface area contributed by atoms with E-state index in [-0.39, 0.29) is 5.69 Å². The standard InChI is InChI=1S/C13H11NO3/c1-9-4-2-3-5-12(9)17-10-6-7-11(13(15)16)14-8-10/h2-8H,1H3,(H,15,16). The van der Waals surface area contributed by atoms with E-state index in [2.05, 4.69) is 4.98 Å². The van der Waals surface area contributed by atoms with Crippen LogP contribution < -0.4 is 4.74 Å². The quantitative estimate of drug-likeness (QED) is 0.879. The molecule has 2 aromatic rings. The van der Waals surface area contributed by atoms with Gasteiger partial charge in [-0.25, -0.2) is 9.78 Å². The number of nitrogens with zero attached hydrogens (tertiary/aromatic N) is 1. The summed E-state index contributed by atoms with van der Waals surface area (Å²) in [6.45, 7) is 1.94. The molecule has 1 aromatic carbocycles. The molecular formula is C13H11NO3. The van der Waals surface area contributed by atoms with Gasteiger partial charge in [-0.3, -0.25) is 0 Å². The molecule has 1 heterocycles. The minimum atomic E-state index is -1.05. The Kier molecular flexibility index (Phi) is 3.05. The average Bonchev–Trinajstić information content (AvgIpc) is 2.33. The van der Waals surface area contributed by atoms with Crippen LogP contribution in [0, 0.1) is 6.92 Å². The van der Waals surface area contributed by atoms with Crippen LogP contribution in [0.25, 0.3) is 0 Å². The summed E-state index contributed by atoms with van der Waals surface area (Å²) in [6, 6.07) is 10.6. The molecule has 0 saturated heterocycles. The summed E-state index contributed by atoms with van der Waals surface area (Å²) in [5, 5.41) is 8.71. The molecule has 0 radical (unpaired) electrons. The topological polar surface area (TPSA) is 59.4 Å². The summed E-state index contributed by atoms with van der Waals surface area (Å²) in [7, 11) is 0. The molecule has 2 rings (SSSR count). The van der Waals surface area contributed by atoms with Gasteiger partial charge in [0.1, 0.15) is 17.2 Å². The number of carboxylic acids is 1. The highest BCUT2D eigenvalue weighted by Gasteiger charge is 2.05. The summed E-state index contributed by atoms with van der Waals surface area (Å²) in [5.74, 6) is 0.203. The van der Waals surface area contributed by atoms with Crippen molar-refractivity contribution in [3.63, 3.8) is 0 Å². The zero-order valence-electron chi connectivity index (χ0n) is 9.25. The van der Waals surface area contributed by atoms with Gasteiger partial charge in [0.2, 0.25) is 0 Å². The zero-order chi connectivity index (χ0) is 12.3. The molecule has 4 nitrogen and oxygen atoms in total. The third kappa shape index (κ3) is 2.60. The van der Waals surface area contributed by atoms with Crippen molar-refractivity contribution < 1.29 is 14.6 Å². The van der Waals surface area contributed by atoms with Gasteiger partial charge < -0.3 is 9.84 Å². The van der Waals surface area contributed by atoms with Gasteiger partial charge in [0.15, 0.2) is 0 Å². The monoisotopic (exact) mass is 229 g/mol. The van der Waals surface area contributed by atoms with Gasteiger partial charge in [-0.05, 0) is 30.7 Å². The minimum Gasteiger partial charge on any atom is -0.477 e. The lowest BCUT2D eigenvalue weighted by atomic mass is 10.2. The normalized spacial score (nSPS) is 9.94. The Bertz CT molecular complexity index is 535. The van der Waals surface area contributed by atoms with Crippen LogP contribution in [-0.2, 0) is 0 Å². The molecule has 0 atom stereocenters. The van der Waals surface area contributed by atoms with E-state index in [1.54, 1.807) is 6.07 Å². The molecule has 0 saturated carbocycles. The number of para-hydroxylation sites is 1. The first kappa shape index (κ1) is 11.1. The molecule has 86 valence electrons. The predicted molar refractivity (Wildman–Crippen MR) is 62.4 cm³/mol. The average molecular weight is 229 g/mol. The summed E-state index contributed by atoms with van der Waals surface area (Å²) in [4.78, 5) is 14.4. The fraction of sp³-hybridized carbons (Fsp3) is 0.0769. The van der Waals surface area contributed by atoms with Crippen LogP contribution in [0.2, 0.25) is 0 Å². The SMILES string of the molecule is Cc1ccccc1Oc1ccc(C(=O)O)nc1. The fourth-order valence-electron chi connectivity index (χ4n) is 1.37. The number of aromatic nitrogens is 1. The van der Waals surface area contributed by atoms with Crippen molar-refractivity contribution in [2.45, 2.75) is 6.92 Å². The number of carbonyl (C=O) groups is 1. The number of aromatic carboxylic acids is 1. The predicted octanol–water partition coefficient (Wildman–Crippen LogP) is 2.88. The van der Waals surface area contributed by atoms with Crippen LogP contribution in [0.1, 0.15) is 16.1 Å². The molecule has 1 aromatic heterocycles. The van der Waals surface area contributed by atoms with E-state index in [4.69, 9.17) is 9.84 Å². The molecule has 0 amide bonds. The number of benzene rings is 1. The van der Waals surface area contributed by atoms with E-state index in [1.807, 2.05) is 31.2 Å². The summed E-state index contributed by atoms with van der Waals surface area (Å²) >= 11 is 0. The van der Waals surface area contributed by atoms with E-state index >= 15 is 0 Å². The van der Waals surface area contributed by atoms with Gasteiger partial charge in [0, 0.05) is 0 Å². The van der Waals surface area contributed by atoms with Crippen LogP contribution in [0.4, 0.5) is 0 Å². The van der Waals surface area contributed by atoms with Gasteiger partial charge in [-0.15, -0.1) is 0 Å². The highest BCUT2D eigenvalue weighted by Crippen LogP contribution is 2.23. The van der Waals surface area contributed by atoms with Gasteiger partial charge in [-0.1, -0.05) is 18.2 Å². The first-order valence-electron chi connectivity index (χ1n) is 5.09. The highest BCUT2D eigenvalue weighted by atomic mass is 16.5. The molecule has 0 unspecified atom stereocenters. The van der Waals surface area contributed by atoms with Crippen molar-refractivity contribution in [3.8, 4) is 11.5 Å². The Morgan fingerprint density at radius 3 is 2.59 bits per heavy atom. The van der Waals surface area contributed by atoms with Gasteiger partial charge in [0.25, 0.3) is 0 Å².